The first-order valence-electron chi connectivity index (χ1n) is 5.77. The Morgan fingerprint density at radius 2 is 2.11 bits per heavy atom. The Kier molecular flexibility index (Phi) is 4.61. The molecule has 0 aromatic rings. The molecule has 0 radical (unpaired) electrons. The van der Waals surface area contributed by atoms with Crippen LogP contribution in [0, 0.1) is 5.41 Å². The number of hydrogen-bond acceptors (Lipinski definition) is 4. The highest BCUT2D eigenvalue weighted by molar-refractivity contribution is 7.80. The summed E-state index contributed by atoms with van der Waals surface area (Å²) in [6.07, 6.45) is 0.549. The van der Waals surface area contributed by atoms with E-state index in [1.54, 1.807) is 11.8 Å². The van der Waals surface area contributed by atoms with Gasteiger partial charge in [-0.1, -0.05) is 0 Å². The number of primary amides is 1. The fourth-order valence-electron chi connectivity index (χ4n) is 2.00. The molecular weight excluding hydrogens is 254 g/mol. The molecule has 6 nitrogen and oxygen atoms in total. The van der Waals surface area contributed by atoms with E-state index in [1.807, 2.05) is 0 Å². The molecule has 1 aliphatic rings. The van der Waals surface area contributed by atoms with Crippen LogP contribution in [0.3, 0.4) is 0 Å². The zero-order valence-electron chi connectivity index (χ0n) is 10.6. The maximum absolute atomic E-state index is 12.1. The second-order valence-electron chi connectivity index (χ2n) is 4.87. The number of nitrogens with two attached hydrogens (primary N) is 1. The molecule has 1 aliphatic heterocycles. The Labute approximate surface area is 112 Å². The monoisotopic (exact) mass is 273 g/mol. The van der Waals surface area contributed by atoms with Gasteiger partial charge in [0, 0.05) is 25.8 Å². The standard InChI is InChI=1S/C11H19N3O3S/c1-7(15)13-8(5-18)9(16)14-4-3-11(2,6-14)10(12)17/h8,18H,3-6H2,1-2H3,(H2,12,17)(H,13,15). The molecule has 1 rings (SSSR count). The van der Waals surface area contributed by atoms with E-state index in [0.29, 0.717) is 19.5 Å². The quantitative estimate of drug-likeness (QED) is 0.582. The predicted octanol–water partition coefficient (Wildman–Crippen LogP) is -0.855. The molecule has 2 atom stereocenters. The van der Waals surface area contributed by atoms with Gasteiger partial charge >= 0.3 is 0 Å². The molecule has 1 saturated heterocycles. The molecule has 0 aromatic heterocycles. The van der Waals surface area contributed by atoms with Crippen LogP contribution in [0.25, 0.3) is 0 Å². The van der Waals surface area contributed by atoms with E-state index in [2.05, 4.69) is 17.9 Å². The topological polar surface area (TPSA) is 92.5 Å². The van der Waals surface area contributed by atoms with E-state index in [0.717, 1.165) is 0 Å². The summed E-state index contributed by atoms with van der Waals surface area (Å²) < 4.78 is 0. The molecule has 0 bridgehead atoms. The Balaban J connectivity index is 2.69. The van der Waals surface area contributed by atoms with E-state index in [4.69, 9.17) is 5.73 Å². The molecular formula is C11H19N3O3S. The average molecular weight is 273 g/mol. The molecule has 0 saturated carbocycles. The summed E-state index contributed by atoms with van der Waals surface area (Å²) in [7, 11) is 0. The summed E-state index contributed by atoms with van der Waals surface area (Å²) in [5.41, 5.74) is 4.65. The molecule has 3 amide bonds. The van der Waals surface area contributed by atoms with Crippen molar-refractivity contribution in [2.24, 2.45) is 11.1 Å². The number of nitrogens with one attached hydrogen (secondary N) is 1. The third-order valence-corrected chi connectivity index (χ3v) is 3.60. The van der Waals surface area contributed by atoms with Gasteiger partial charge in [-0.15, -0.1) is 0 Å². The first-order chi connectivity index (χ1) is 8.30. The Morgan fingerprint density at radius 1 is 1.50 bits per heavy atom. The summed E-state index contributed by atoms with van der Waals surface area (Å²) in [5, 5.41) is 2.54. The van der Waals surface area contributed by atoms with Crippen molar-refractivity contribution in [3.05, 3.63) is 0 Å². The lowest BCUT2D eigenvalue weighted by atomic mass is 9.89. The van der Waals surface area contributed by atoms with Crippen molar-refractivity contribution >= 4 is 30.4 Å². The zero-order valence-corrected chi connectivity index (χ0v) is 11.5. The van der Waals surface area contributed by atoms with E-state index >= 15 is 0 Å². The van der Waals surface area contributed by atoms with Gasteiger partial charge < -0.3 is 16.0 Å². The van der Waals surface area contributed by atoms with Crippen LogP contribution in [0.1, 0.15) is 20.3 Å². The van der Waals surface area contributed by atoms with Gasteiger partial charge in [-0.3, -0.25) is 14.4 Å². The maximum atomic E-state index is 12.1. The summed E-state index contributed by atoms with van der Waals surface area (Å²) in [6, 6.07) is -0.652. The van der Waals surface area contributed by atoms with Gasteiger partial charge in [0.15, 0.2) is 0 Å². The molecule has 0 spiro atoms. The molecule has 18 heavy (non-hydrogen) atoms. The largest absolute Gasteiger partial charge is 0.369 e. The number of hydrogen-bond donors (Lipinski definition) is 3. The smallest absolute Gasteiger partial charge is 0.246 e. The van der Waals surface area contributed by atoms with E-state index in [1.165, 1.54) is 6.92 Å². The van der Waals surface area contributed by atoms with Crippen LogP contribution < -0.4 is 11.1 Å². The van der Waals surface area contributed by atoms with Crippen LogP contribution in [-0.4, -0.2) is 47.5 Å². The minimum absolute atomic E-state index is 0.217. The molecule has 3 N–H and O–H groups in total. The lowest BCUT2D eigenvalue weighted by Crippen LogP contribution is -2.49. The third kappa shape index (κ3) is 3.16. The van der Waals surface area contributed by atoms with Crippen molar-refractivity contribution in [2.75, 3.05) is 18.8 Å². The van der Waals surface area contributed by atoms with Crippen LogP contribution in [0.15, 0.2) is 0 Å². The fraction of sp³-hybridized carbons (Fsp3) is 0.727. The zero-order chi connectivity index (χ0) is 13.9. The summed E-state index contributed by atoms with van der Waals surface area (Å²) in [5.74, 6) is -0.674. The Hall–Kier alpha value is -1.24. The molecule has 102 valence electrons. The SMILES string of the molecule is CC(=O)NC(CS)C(=O)N1CCC(C)(C(N)=O)C1. The van der Waals surface area contributed by atoms with Crippen molar-refractivity contribution < 1.29 is 14.4 Å². The molecule has 1 heterocycles. The highest BCUT2D eigenvalue weighted by atomic mass is 32.1. The van der Waals surface area contributed by atoms with Crippen molar-refractivity contribution in [2.45, 2.75) is 26.3 Å². The number of amides is 3. The van der Waals surface area contributed by atoms with Gasteiger partial charge in [0.25, 0.3) is 0 Å². The molecule has 0 aromatic carbocycles. The lowest BCUT2D eigenvalue weighted by molar-refractivity contribution is -0.135. The van der Waals surface area contributed by atoms with Gasteiger partial charge in [-0.25, -0.2) is 0 Å². The normalized spacial score (nSPS) is 24.7. The van der Waals surface area contributed by atoms with Crippen molar-refractivity contribution in [3.8, 4) is 0 Å². The highest BCUT2D eigenvalue weighted by Gasteiger charge is 2.41. The van der Waals surface area contributed by atoms with Gasteiger partial charge in [0.2, 0.25) is 17.7 Å². The second kappa shape index (κ2) is 5.60. The van der Waals surface area contributed by atoms with Gasteiger partial charge in [0.05, 0.1) is 5.41 Å². The number of rotatable bonds is 4. The van der Waals surface area contributed by atoms with Crippen molar-refractivity contribution in [1.82, 2.24) is 10.2 Å². The van der Waals surface area contributed by atoms with E-state index in [9.17, 15) is 14.4 Å². The molecule has 7 heteroatoms. The van der Waals surface area contributed by atoms with Gasteiger partial charge in [-0.05, 0) is 13.3 Å². The van der Waals surface area contributed by atoms with Crippen LogP contribution in [-0.2, 0) is 14.4 Å². The van der Waals surface area contributed by atoms with E-state index in [-0.39, 0.29) is 17.6 Å². The highest BCUT2D eigenvalue weighted by Crippen LogP contribution is 2.29. The summed E-state index contributed by atoms with van der Waals surface area (Å²) >= 11 is 4.05. The minimum atomic E-state index is -0.674. The molecule has 2 unspecified atom stereocenters. The Morgan fingerprint density at radius 3 is 2.50 bits per heavy atom. The summed E-state index contributed by atoms with van der Waals surface area (Å²) in [6.45, 7) is 3.87. The first kappa shape index (κ1) is 14.8. The maximum Gasteiger partial charge on any atom is 0.246 e. The van der Waals surface area contributed by atoms with Gasteiger partial charge in [0.1, 0.15) is 6.04 Å². The van der Waals surface area contributed by atoms with Crippen LogP contribution >= 0.6 is 12.6 Å². The molecule has 0 aliphatic carbocycles. The van der Waals surface area contributed by atoms with Crippen molar-refractivity contribution in [3.63, 3.8) is 0 Å². The number of thiol groups is 1. The van der Waals surface area contributed by atoms with Crippen LogP contribution in [0.4, 0.5) is 0 Å². The molecule has 1 fully saturated rings. The van der Waals surface area contributed by atoms with Gasteiger partial charge in [-0.2, -0.15) is 12.6 Å². The predicted molar refractivity (Wildman–Crippen MR) is 70.0 cm³/mol. The van der Waals surface area contributed by atoms with Crippen molar-refractivity contribution in [1.29, 1.82) is 0 Å². The number of carbonyl (C=O) groups is 3. The number of nitrogens with zero attached hydrogens (tertiary/aromatic N) is 1. The van der Waals surface area contributed by atoms with E-state index < -0.39 is 17.4 Å². The first-order valence-corrected chi connectivity index (χ1v) is 6.40. The average Bonchev–Trinajstić information content (AvgIpc) is 2.69. The summed E-state index contributed by atoms with van der Waals surface area (Å²) in [4.78, 5) is 36.0. The second-order valence-corrected chi connectivity index (χ2v) is 5.24. The van der Waals surface area contributed by atoms with Crippen LogP contribution in [0.5, 0.6) is 0 Å². The lowest BCUT2D eigenvalue weighted by Gasteiger charge is -2.24. The fourth-order valence-corrected chi connectivity index (χ4v) is 2.25. The minimum Gasteiger partial charge on any atom is -0.369 e. The third-order valence-electron chi connectivity index (χ3n) is 3.24. The van der Waals surface area contributed by atoms with Crippen LogP contribution in [0.2, 0.25) is 0 Å². The number of likely N-dealkylation sites (tertiary alicyclic amines) is 1. The number of carbonyl (C=O) groups excluding carboxylic acids is 3. The Bertz CT molecular complexity index is 375.